The van der Waals surface area contributed by atoms with E-state index in [9.17, 15) is 17.6 Å². The minimum atomic E-state index is -4.56. The number of nitrogens with zero attached hydrogens (tertiary/aromatic N) is 2. The molecule has 0 radical (unpaired) electrons. The molecule has 2 aromatic carbocycles. The Labute approximate surface area is 178 Å². The largest absolute Gasteiger partial charge is 0.490 e. The van der Waals surface area contributed by atoms with Gasteiger partial charge in [-0.3, -0.25) is 0 Å². The fraction of sp³-hybridized carbons (Fsp3) is 0.300. The summed E-state index contributed by atoms with van der Waals surface area (Å²) in [5.74, 6) is -0.115. The van der Waals surface area contributed by atoms with E-state index in [1.54, 1.807) is 19.9 Å². The lowest BCUT2D eigenvalue weighted by atomic mass is 10.0. The van der Waals surface area contributed by atoms with E-state index < -0.39 is 29.6 Å². The molecule has 10 heteroatoms. The van der Waals surface area contributed by atoms with Crippen molar-refractivity contribution in [1.82, 2.24) is 9.97 Å². The number of rotatable bonds is 0. The maximum atomic E-state index is 14.1. The molecule has 1 aromatic heterocycles. The first-order valence-corrected chi connectivity index (χ1v) is 9.95. The molecular formula is C20H17BrF4N4O. The summed E-state index contributed by atoms with van der Waals surface area (Å²) >= 11 is 3.15. The van der Waals surface area contributed by atoms with E-state index in [2.05, 4.69) is 36.5 Å². The lowest BCUT2D eigenvalue weighted by molar-refractivity contribution is -0.139. The molecule has 5 nitrogen and oxygen atoms in total. The second-order valence-corrected chi connectivity index (χ2v) is 7.98. The molecule has 2 atom stereocenters. The van der Waals surface area contributed by atoms with Gasteiger partial charge in [-0.1, -0.05) is 12.1 Å². The molecule has 3 aromatic rings. The standard InChI is InChI=1S/C20H17BrF4N4O/c1-9-8-30-17-11(4-3-5-13(17)20(23,24)25)10(2)27-18-12-6-14(21)15(22)7-16(12)28-19(26-9)29-18/h3-7,9-10H,8H2,1-2H3,(H2,26,27,28,29)/t9?,10-/m1/s1. The summed E-state index contributed by atoms with van der Waals surface area (Å²) in [7, 11) is 0. The van der Waals surface area contributed by atoms with Gasteiger partial charge >= 0.3 is 6.18 Å². The predicted molar refractivity (Wildman–Crippen MR) is 109 cm³/mol. The van der Waals surface area contributed by atoms with Gasteiger partial charge in [0, 0.05) is 17.0 Å². The summed E-state index contributed by atoms with van der Waals surface area (Å²) < 4.78 is 60.7. The number of halogens is 5. The maximum absolute atomic E-state index is 14.1. The molecule has 158 valence electrons. The summed E-state index contributed by atoms with van der Waals surface area (Å²) in [6.07, 6.45) is -4.56. The minimum Gasteiger partial charge on any atom is -0.490 e. The van der Waals surface area contributed by atoms with Crippen LogP contribution in [0.3, 0.4) is 0 Å². The van der Waals surface area contributed by atoms with E-state index in [0.717, 1.165) is 6.07 Å². The Morgan fingerprint density at radius 1 is 1.13 bits per heavy atom. The van der Waals surface area contributed by atoms with Crippen molar-refractivity contribution >= 4 is 38.6 Å². The quantitative estimate of drug-likeness (QED) is 0.388. The lowest BCUT2D eigenvalue weighted by Crippen LogP contribution is -2.25. The molecule has 2 N–H and O–H groups in total. The van der Waals surface area contributed by atoms with Gasteiger partial charge in [-0.25, -0.2) is 9.37 Å². The third-order valence-electron chi connectivity index (χ3n) is 4.76. The molecule has 1 aliphatic heterocycles. The summed E-state index contributed by atoms with van der Waals surface area (Å²) in [5.41, 5.74) is -0.138. The molecule has 30 heavy (non-hydrogen) atoms. The van der Waals surface area contributed by atoms with Gasteiger partial charge < -0.3 is 15.4 Å². The first-order chi connectivity index (χ1) is 14.1. The van der Waals surface area contributed by atoms with Crippen molar-refractivity contribution in [3.63, 3.8) is 0 Å². The van der Waals surface area contributed by atoms with E-state index in [-0.39, 0.29) is 22.8 Å². The van der Waals surface area contributed by atoms with E-state index in [0.29, 0.717) is 22.3 Å². The Kier molecular flexibility index (Phi) is 5.21. The number of hydrogen-bond acceptors (Lipinski definition) is 5. The number of benzene rings is 2. The first-order valence-electron chi connectivity index (χ1n) is 9.16. The van der Waals surface area contributed by atoms with E-state index in [1.165, 1.54) is 18.2 Å². The van der Waals surface area contributed by atoms with Crippen LogP contribution in [0.4, 0.5) is 29.3 Å². The third-order valence-corrected chi connectivity index (χ3v) is 5.37. The van der Waals surface area contributed by atoms with E-state index in [4.69, 9.17) is 4.74 Å². The highest BCUT2D eigenvalue weighted by Crippen LogP contribution is 2.41. The van der Waals surface area contributed by atoms with Crippen molar-refractivity contribution in [3.8, 4) is 5.75 Å². The van der Waals surface area contributed by atoms with Gasteiger partial charge in [-0.15, -0.1) is 0 Å². The van der Waals surface area contributed by atoms with Gasteiger partial charge in [0.2, 0.25) is 5.95 Å². The zero-order valence-corrected chi connectivity index (χ0v) is 17.5. The molecule has 2 heterocycles. The van der Waals surface area contributed by atoms with Crippen molar-refractivity contribution in [2.24, 2.45) is 0 Å². The van der Waals surface area contributed by atoms with Crippen molar-refractivity contribution in [2.45, 2.75) is 32.1 Å². The second kappa shape index (κ2) is 7.57. The number of anilines is 2. The van der Waals surface area contributed by atoms with Gasteiger partial charge in [0.25, 0.3) is 0 Å². The van der Waals surface area contributed by atoms with Crippen LogP contribution in [0, 0.1) is 5.82 Å². The van der Waals surface area contributed by atoms with Crippen molar-refractivity contribution in [3.05, 3.63) is 51.7 Å². The van der Waals surface area contributed by atoms with Crippen LogP contribution in [0.2, 0.25) is 0 Å². The molecule has 1 unspecified atom stereocenters. The van der Waals surface area contributed by atoms with E-state index >= 15 is 0 Å². The van der Waals surface area contributed by atoms with Gasteiger partial charge in [0.05, 0.1) is 27.6 Å². The molecule has 4 rings (SSSR count). The highest BCUT2D eigenvalue weighted by molar-refractivity contribution is 9.10. The summed E-state index contributed by atoms with van der Waals surface area (Å²) in [5, 5.41) is 6.67. The topological polar surface area (TPSA) is 59.1 Å². The molecular weight excluding hydrogens is 468 g/mol. The number of fused-ring (bicyclic) bond motifs is 5. The summed E-state index contributed by atoms with van der Waals surface area (Å²) in [6.45, 7) is 3.40. The first kappa shape index (κ1) is 20.6. The number of nitrogens with one attached hydrogen (secondary N) is 2. The average molecular weight is 485 g/mol. The van der Waals surface area contributed by atoms with Gasteiger partial charge in [-0.05, 0) is 41.9 Å². The fourth-order valence-electron chi connectivity index (χ4n) is 3.33. The number of alkyl halides is 3. The third kappa shape index (κ3) is 3.88. The zero-order valence-electron chi connectivity index (χ0n) is 15.9. The Morgan fingerprint density at radius 2 is 1.90 bits per heavy atom. The number of hydrogen-bond donors (Lipinski definition) is 2. The zero-order chi connectivity index (χ0) is 21.6. The van der Waals surface area contributed by atoms with Crippen molar-refractivity contribution < 1.29 is 22.3 Å². The summed E-state index contributed by atoms with van der Waals surface area (Å²) in [6, 6.07) is 5.76. The molecule has 0 saturated heterocycles. The molecule has 2 bridgehead atoms. The molecule has 0 saturated carbocycles. The molecule has 0 amide bonds. The molecule has 0 aliphatic carbocycles. The van der Waals surface area contributed by atoms with Gasteiger partial charge in [-0.2, -0.15) is 18.2 Å². The normalized spacial score (nSPS) is 19.2. The SMILES string of the molecule is CC1COc2c(cccc2C(F)(F)F)[C@@H](C)Nc2nc(nc3cc(F)c(Br)cc23)N1. The van der Waals surface area contributed by atoms with E-state index in [1.807, 2.05) is 0 Å². The van der Waals surface area contributed by atoms with Crippen LogP contribution in [0.15, 0.2) is 34.8 Å². The monoisotopic (exact) mass is 484 g/mol. The maximum Gasteiger partial charge on any atom is 0.419 e. The van der Waals surface area contributed by atoms with Crippen LogP contribution in [0.1, 0.15) is 31.0 Å². The Hall–Kier alpha value is -2.62. The highest BCUT2D eigenvalue weighted by Gasteiger charge is 2.36. The average Bonchev–Trinajstić information content (AvgIpc) is 2.68. The van der Waals surface area contributed by atoms with Crippen LogP contribution in [-0.2, 0) is 6.18 Å². The van der Waals surface area contributed by atoms with Gasteiger partial charge in [0.1, 0.15) is 24.0 Å². The fourth-order valence-corrected chi connectivity index (χ4v) is 3.68. The van der Waals surface area contributed by atoms with Crippen molar-refractivity contribution in [1.29, 1.82) is 0 Å². The van der Waals surface area contributed by atoms with Crippen LogP contribution < -0.4 is 15.4 Å². The second-order valence-electron chi connectivity index (χ2n) is 7.12. The smallest absolute Gasteiger partial charge is 0.419 e. The highest BCUT2D eigenvalue weighted by atomic mass is 79.9. The Bertz CT molecular complexity index is 1120. The Morgan fingerprint density at radius 3 is 2.63 bits per heavy atom. The van der Waals surface area contributed by atoms with Crippen LogP contribution in [0.5, 0.6) is 5.75 Å². The Balaban J connectivity index is 1.90. The number of ether oxygens (including phenoxy) is 1. The van der Waals surface area contributed by atoms with Crippen LogP contribution in [0.25, 0.3) is 10.9 Å². The number of aromatic nitrogens is 2. The predicted octanol–water partition coefficient (Wildman–Crippen LogP) is 5.92. The van der Waals surface area contributed by atoms with Crippen molar-refractivity contribution in [2.75, 3.05) is 17.2 Å². The summed E-state index contributed by atoms with van der Waals surface area (Å²) in [4.78, 5) is 8.80. The van der Waals surface area contributed by atoms with Gasteiger partial charge in [0.15, 0.2) is 0 Å². The van der Waals surface area contributed by atoms with Crippen LogP contribution >= 0.6 is 15.9 Å². The minimum absolute atomic E-state index is 0.0434. The lowest BCUT2D eigenvalue weighted by Gasteiger charge is -2.22. The molecule has 0 fully saturated rings. The number of para-hydroxylation sites is 1. The van der Waals surface area contributed by atoms with Crippen LogP contribution in [-0.4, -0.2) is 22.6 Å². The molecule has 1 aliphatic rings. The molecule has 0 spiro atoms.